The number of carbonyl (C=O) groups is 2. The first-order chi connectivity index (χ1) is 14.1. The number of ether oxygens (including phenoxy) is 1. The van der Waals surface area contributed by atoms with E-state index in [-0.39, 0.29) is 30.3 Å². The number of phenolic OH excluding ortho intramolecular Hbond substituents is 1. The van der Waals surface area contributed by atoms with Gasteiger partial charge in [-0.25, -0.2) is 0 Å². The Kier molecular flexibility index (Phi) is 7.11. The SMILES string of the molecule is CCCOc1ccc(C(=O)CCC(=O)N2CCN(c3ccccc3O)CC2)cc1. The monoisotopic (exact) mass is 396 g/mol. The van der Waals surface area contributed by atoms with Gasteiger partial charge in [0.25, 0.3) is 0 Å². The van der Waals surface area contributed by atoms with Crippen molar-refractivity contribution >= 4 is 17.4 Å². The molecule has 2 aromatic rings. The van der Waals surface area contributed by atoms with E-state index in [0.717, 1.165) is 17.9 Å². The van der Waals surface area contributed by atoms with Crippen LogP contribution in [-0.2, 0) is 4.79 Å². The lowest BCUT2D eigenvalue weighted by molar-refractivity contribution is -0.131. The van der Waals surface area contributed by atoms with Crippen molar-refractivity contribution in [3.8, 4) is 11.5 Å². The lowest BCUT2D eigenvalue weighted by Crippen LogP contribution is -2.48. The number of nitrogens with zero attached hydrogens (tertiary/aromatic N) is 2. The van der Waals surface area contributed by atoms with Crippen LogP contribution < -0.4 is 9.64 Å². The molecule has 1 aliphatic rings. The molecule has 0 spiro atoms. The molecule has 1 saturated heterocycles. The molecule has 0 aromatic heterocycles. The quantitative estimate of drug-likeness (QED) is 0.692. The van der Waals surface area contributed by atoms with E-state index in [0.29, 0.717) is 38.3 Å². The molecule has 3 rings (SSSR count). The number of ketones is 1. The van der Waals surface area contributed by atoms with Gasteiger partial charge in [0.05, 0.1) is 12.3 Å². The van der Waals surface area contributed by atoms with Gasteiger partial charge in [-0.1, -0.05) is 19.1 Å². The zero-order chi connectivity index (χ0) is 20.6. The third-order valence-electron chi connectivity index (χ3n) is 5.07. The summed E-state index contributed by atoms with van der Waals surface area (Å²) < 4.78 is 5.52. The molecule has 0 saturated carbocycles. The third-order valence-corrected chi connectivity index (χ3v) is 5.07. The van der Waals surface area contributed by atoms with Gasteiger partial charge >= 0.3 is 0 Å². The van der Waals surface area contributed by atoms with Crippen molar-refractivity contribution in [2.24, 2.45) is 0 Å². The Morgan fingerprint density at radius 3 is 2.31 bits per heavy atom. The minimum absolute atomic E-state index is 0.00168. The topological polar surface area (TPSA) is 70.1 Å². The predicted molar refractivity (Wildman–Crippen MR) is 113 cm³/mol. The number of hydrogen-bond acceptors (Lipinski definition) is 5. The summed E-state index contributed by atoms with van der Waals surface area (Å²) >= 11 is 0. The highest BCUT2D eigenvalue weighted by molar-refractivity contribution is 5.98. The van der Waals surface area contributed by atoms with Gasteiger partial charge in [0.2, 0.25) is 5.91 Å². The molecule has 0 atom stereocenters. The van der Waals surface area contributed by atoms with Crippen LogP contribution >= 0.6 is 0 Å². The molecule has 0 aliphatic carbocycles. The van der Waals surface area contributed by atoms with Crippen molar-refractivity contribution in [1.82, 2.24) is 4.90 Å². The molecule has 6 heteroatoms. The number of carbonyl (C=O) groups excluding carboxylic acids is 2. The number of hydrogen-bond donors (Lipinski definition) is 1. The molecular weight excluding hydrogens is 368 g/mol. The number of Topliss-reactive ketones (excluding diaryl/α,β-unsaturated/α-hetero) is 1. The number of amides is 1. The average Bonchev–Trinajstić information content (AvgIpc) is 2.76. The maximum Gasteiger partial charge on any atom is 0.223 e. The third kappa shape index (κ3) is 5.50. The molecule has 154 valence electrons. The first-order valence-electron chi connectivity index (χ1n) is 10.1. The van der Waals surface area contributed by atoms with E-state index in [1.54, 1.807) is 41.3 Å². The first kappa shape index (κ1) is 20.7. The Morgan fingerprint density at radius 1 is 0.966 bits per heavy atom. The van der Waals surface area contributed by atoms with Crippen molar-refractivity contribution < 1.29 is 19.4 Å². The summed E-state index contributed by atoms with van der Waals surface area (Å²) in [5, 5.41) is 9.98. The molecule has 1 aliphatic heterocycles. The number of rotatable bonds is 8. The van der Waals surface area contributed by atoms with Gasteiger partial charge in [-0.05, 0) is 42.8 Å². The Balaban J connectivity index is 1.45. The summed E-state index contributed by atoms with van der Waals surface area (Å²) in [5.74, 6) is 0.970. The lowest BCUT2D eigenvalue weighted by Gasteiger charge is -2.36. The normalized spacial score (nSPS) is 14.0. The Labute approximate surface area is 171 Å². The van der Waals surface area contributed by atoms with Crippen molar-refractivity contribution in [3.63, 3.8) is 0 Å². The van der Waals surface area contributed by atoms with E-state index in [9.17, 15) is 14.7 Å². The molecule has 1 fully saturated rings. The van der Waals surface area contributed by atoms with E-state index in [1.807, 2.05) is 19.1 Å². The fourth-order valence-electron chi connectivity index (χ4n) is 3.41. The highest BCUT2D eigenvalue weighted by Gasteiger charge is 2.23. The molecule has 0 bridgehead atoms. The molecular formula is C23H28N2O4. The Morgan fingerprint density at radius 2 is 1.66 bits per heavy atom. The molecule has 1 heterocycles. The Hall–Kier alpha value is -3.02. The van der Waals surface area contributed by atoms with Crippen LogP contribution in [0.15, 0.2) is 48.5 Å². The van der Waals surface area contributed by atoms with Gasteiger partial charge in [-0.3, -0.25) is 9.59 Å². The zero-order valence-corrected chi connectivity index (χ0v) is 16.8. The molecule has 1 N–H and O–H groups in total. The van der Waals surface area contributed by atoms with Crippen LogP contribution in [0.5, 0.6) is 11.5 Å². The summed E-state index contributed by atoms with van der Waals surface area (Å²) in [6.45, 7) is 5.20. The number of piperazine rings is 1. The van der Waals surface area contributed by atoms with Gasteiger partial charge in [0.1, 0.15) is 11.5 Å². The summed E-state index contributed by atoms with van der Waals surface area (Å²) in [4.78, 5) is 28.8. The standard InChI is InChI=1S/C23H28N2O4/c1-2-17-29-19-9-7-18(8-10-19)21(26)11-12-23(28)25-15-13-24(14-16-25)20-5-3-4-6-22(20)27/h3-10,27H,2,11-17H2,1H3. The average molecular weight is 396 g/mol. The Bertz CT molecular complexity index is 827. The summed E-state index contributed by atoms with van der Waals surface area (Å²) in [5.41, 5.74) is 1.40. The van der Waals surface area contributed by atoms with E-state index in [2.05, 4.69) is 4.90 Å². The van der Waals surface area contributed by atoms with Crippen molar-refractivity contribution in [1.29, 1.82) is 0 Å². The van der Waals surface area contributed by atoms with Gasteiger partial charge in [-0.2, -0.15) is 0 Å². The second-order valence-corrected chi connectivity index (χ2v) is 7.15. The van der Waals surface area contributed by atoms with Gasteiger partial charge in [0.15, 0.2) is 5.78 Å². The molecule has 1 amide bonds. The minimum Gasteiger partial charge on any atom is -0.506 e. The second-order valence-electron chi connectivity index (χ2n) is 7.15. The van der Waals surface area contributed by atoms with Crippen LogP contribution in [0.25, 0.3) is 0 Å². The summed E-state index contributed by atoms with van der Waals surface area (Å²) in [7, 11) is 0. The van der Waals surface area contributed by atoms with Gasteiger partial charge in [0, 0.05) is 44.6 Å². The van der Waals surface area contributed by atoms with E-state index < -0.39 is 0 Å². The van der Waals surface area contributed by atoms with E-state index >= 15 is 0 Å². The van der Waals surface area contributed by atoms with Crippen molar-refractivity contribution in [2.45, 2.75) is 26.2 Å². The zero-order valence-electron chi connectivity index (χ0n) is 16.8. The van der Waals surface area contributed by atoms with Crippen LogP contribution in [-0.4, -0.2) is 54.5 Å². The molecule has 2 aromatic carbocycles. The number of para-hydroxylation sites is 2. The largest absolute Gasteiger partial charge is 0.506 e. The lowest BCUT2D eigenvalue weighted by atomic mass is 10.1. The molecule has 29 heavy (non-hydrogen) atoms. The molecule has 6 nitrogen and oxygen atoms in total. The van der Waals surface area contributed by atoms with Crippen LogP contribution in [0.1, 0.15) is 36.5 Å². The minimum atomic E-state index is -0.0340. The number of benzene rings is 2. The maximum absolute atomic E-state index is 12.5. The van der Waals surface area contributed by atoms with Crippen molar-refractivity contribution in [2.75, 3.05) is 37.7 Å². The van der Waals surface area contributed by atoms with Gasteiger partial charge < -0.3 is 19.6 Å². The van der Waals surface area contributed by atoms with Crippen LogP contribution in [0.4, 0.5) is 5.69 Å². The fourth-order valence-corrected chi connectivity index (χ4v) is 3.41. The highest BCUT2D eigenvalue weighted by atomic mass is 16.5. The van der Waals surface area contributed by atoms with Crippen LogP contribution in [0.3, 0.4) is 0 Å². The maximum atomic E-state index is 12.5. The second kappa shape index (κ2) is 9.96. The fraction of sp³-hybridized carbons (Fsp3) is 0.391. The highest BCUT2D eigenvalue weighted by Crippen LogP contribution is 2.27. The number of phenols is 1. The van der Waals surface area contributed by atoms with Crippen LogP contribution in [0.2, 0.25) is 0 Å². The van der Waals surface area contributed by atoms with E-state index in [1.165, 1.54) is 0 Å². The van der Waals surface area contributed by atoms with Crippen LogP contribution in [0, 0.1) is 0 Å². The molecule has 0 unspecified atom stereocenters. The number of aromatic hydroxyl groups is 1. The predicted octanol–water partition coefficient (Wildman–Crippen LogP) is 3.49. The summed E-state index contributed by atoms with van der Waals surface area (Å²) in [6, 6.07) is 14.3. The van der Waals surface area contributed by atoms with Gasteiger partial charge in [-0.15, -0.1) is 0 Å². The van der Waals surface area contributed by atoms with E-state index in [4.69, 9.17) is 4.74 Å². The smallest absolute Gasteiger partial charge is 0.223 e. The number of anilines is 1. The van der Waals surface area contributed by atoms with Crippen molar-refractivity contribution in [3.05, 3.63) is 54.1 Å². The summed E-state index contributed by atoms with van der Waals surface area (Å²) in [6.07, 6.45) is 1.35. The molecule has 0 radical (unpaired) electrons. The first-order valence-corrected chi connectivity index (χ1v) is 10.1.